The fraction of sp³-hybridized carbons (Fsp3) is 0.308. The maximum Gasteiger partial charge on any atom is 0.150 e. The van der Waals surface area contributed by atoms with Crippen molar-refractivity contribution in [3.05, 3.63) is 46.2 Å². The zero-order valence-corrected chi connectivity index (χ0v) is 12.2. The first-order valence-corrected chi connectivity index (χ1v) is 6.68. The van der Waals surface area contributed by atoms with E-state index in [-0.39, 0.29) is 11.7 Å². The highest BCUT2D eigenvalue weighted by atomic mass is 79.9. The number of halogens is 3. The lowest BCUT2D eigenvalue weighted by Gasteiger charge is -2.08. The molecule has 19 heavy (non-hydrogen) atoms. The Labute approximate surface area is 118 Å². The fourth-order valence-corrected chi connectivity index (χ4v) is 2.05. The molecule has 0 aliphatic heterocycles. The molecule has 0 fully saturated rings. The van der Waals surface area contributed by atoms with Crippen LogP contribution in [-0.4, -0.2) is 9.78 Å². The molecular formula is C13H14BrF2N3. The van der Waals surface area contributed by atoms with Crippen LogP contribution in [0.5, 0.6) is 0 Å². The van der Waals surface area contributed by atoms with E-state index < -0.39 is 11.6 Å². The number of rotatable bonds is 4. The molecule has 0 amide bonds. The van der Waals surface area contributed by atoms with E-state index in [2.05, 4.69) is 26.3 Å². The van der Waals surface area contributed by atoms with Crippen molar-refractivity contribution in [1.82, 2.24) is 9.78 Å². The average molecular weight is 330 g/mol. The normalized spacial score (nSPS) is 11.1. The highest BCUT2D eigenvalue weighted by molar-refractivity contribution is 9.10. The Balaban J connectivity index is 2.10. The quantitative estimate of drug-likeness (QED) is 0.914. The van der Waals surface area contributed by atoms with E-state index in [1.807, 2.05) is 20.0 Å². The van der Waals surface area contributed by atoms with Gasteiger partial charge in [0.25, 0.3) is 0 Å². The smallest absolute Gasteiger partial charge is 0.150 e. The van der Waals surface area contributed by atoms with Gasteiger partial charge in [-0.2, -0.15) is 5.10 Å². The molecule has 6 heteroatoms. The van der Waals surface area contributed by atoms with Gasteiger partial charge < -0.3 is 5.32 Å². The van der Waals surface area contributed by atoms with Crippen molar-refractivity contribution in [3.63, 3.8) is 0 Å². The number of benzene rings is 1. The summed E-state index contributed by atoms with van der Waals surface area (Å²) in [6.07, 6.45) is 3.54. The van der Waals surface area contributed by atoms with E-state index in [0.717, 1.165) is 5.56 Å². The van der Waals surface area contributed by atoms with Gasteiger partial charge in [-0.3, -0.25) is 4.68 Å². The number of nitrogens with zero attached hydrogens (tertiary/aromatic N) is 2. The predicted octanol–water partition coefficient (Wildman–Crippen LogP) is 4.12. The van der Waals surface area contributed by atoms with Crippen LogP contribution in [-0.2, 0) is 6.54 Å². The second kappa shape index (κ2) is 5.69. The fourth-order valence-electron chi connectivity index (χ4n) is 1.65. The summed E-state index contributed by atoms with van der Waals surface area (Å²) in [7, 11) is 0. The van der Waals surface area contributed by atoms with E-state index in [1.54, 1.807) is 10.9 Å². The Hall–Kier alpha value is -1.43. The van der Waals surface area contributed by atoms with Crippen molar-refractivity contribution in [2.24, 2.45) is 0 Å². The molecule has 0 unspecified atom stereocenters. The maximum atomic E-state index is 13.6. The summed E-state index contributed by atoms with van der Waals surface area (Å²) in [4.78, 5) is 0. The standard InChI is InChI=1S/C13H14BrF2N3/c1-8(2)19-7-9(6-18-19)5-17-13-11(15)3-10(14)4-12(13)16/h3-4,6-8,17H,5H2,1-2H3. The molecule has 0 saturated carbocycles. The van der Waals surface area contributed by atoms with E-state index in [4.69, 9.17) is 0 Å². The molecule has 1 aromatic heterocycles. The molecule has 0 aliphatic rings. The highest BCUT2D eigenvalue weighted by Crippen LogP contribution is 2.24. The monoisotopic (exact) mass is 329 g/mol. The average Bonchev–Trinajstić information content (AvgIpc) is 2.76. The number of aromatic nitrogens is 2. The van der Waals surface area contributed by atoms with Crippen molar-refractivity contribution >= 4 is 21.6 Å². The molecule has 0 spiro atoms. The minimum atomic E-state index is -0.622. The van der Waals surface area contributed by atoms with Crippen molar-refractivity contribution in [3.8, 4) is 0 Å². The zero-order chi connectivity index (χ0) is 14.0. The SMILES string of the molecule is CC(C)n1cc(CNc2c(F)cc(Br)cc2F)cn1. The Morgan fingerprint density at radius 2 is 1.95 bits per heavy atom. The lowest BCUT2D eigenvalue weighted by Crippen LogP contribution is -2.04. The third kappa shape index (κ3) is 3.32. The molecule has 2 rings (SSSR count). The van der Waals surface area contributed by atoms with E-state index in [9.17, 15) is 8.78 Å². The van der Waals surface area contributed by atoms with Crippen LogP contribution in [0.4, 0.5) is 14.5 Å². The summed E-state index contributed by atoms with van der Waals surface area (Å²) >= 11 is 3.04. The maximum absolute atomic E-state index is 13.6. The van der Waals surface area contributed by atoms with Crippen LogP contribution in [0, 0.1) is 11.6 Å². The van der Waals surface area contributed by atoms with Crippen molar-refractivity contribution in [1.29, 1.82) is 0 Å². The third-order valence-corrected chi connectivity index (χ3v) is 3.12. The highest BCUT2D eigenvalue weighted by Gasteiger charge is 2.10. The van der Waals surface area contributed by atoms with Crippen LogP contribution in [0.15, 0.2) is 29.0 Å². The molecule has 1 N–H and O–H groups in total. The van der Waals surface area contributed by atoms with E-state index >= 15 is 0 Å². The topological polar surface area (TPSA) is 29.9 Å². The number of hydrogen-bond donors (Lipinski definition) is 1. The Morgan fingerprint density at radius 3 is 2.47 bits per heavy atom. The van der Waals surface area contributed by atoms with Gasteiger partial charge in [-0.25, -0.2) is 8.78 Å². The van der Waals surface area contributed by atoms with Gasteiger partial charge in [0.15, 0.2) is 0 Å². The molecule has 102 valence electrons. The molecule has 3 nitrogen and oxygen atoms in total. The van der Waals surface area contributed by atoms with Crippen molar-refractivity contribution in [2.75, 3.05) is 5.32 Å². The van der Waals surface area contributed by atoms with Gasteiger partial charge in [0.2, 0.25) is 0 Å². The first kappa shape index (κ1) is 14.0. The Bertz CT molecular complexity index is 558. The second-order valence-corrected chi connectivity index (χ2v) is 5.44. The van der Waals surface area contributed by atoms with Crippen LogP contribution >= 0.6 is 15.9 Å². The van der Waals surface area contributed by atoms with Gasteiger partial charge in [-0.05, 0) is 26.0 Å². The van der Waals surface area contributed by atoms with E-state index in [0.29, 0.717) is 11.0 Å². The summed E-state index contributed by atoms with van der Waals surface area (Å²) in [5.41, 5.74) is 0.746. The van der Waals surface area contributed by atoms with Crippen LogP contribution in [0.25, 0.3) is 0 Å². The van der Waals surface area contributed by atoms with Gasteiger partial charge in [0.1, 0.15) is 17.3 Å². The van der Waals surface area contributed by atoms with Gasteiger partial charge in [0, 0.05) is 28.8 Å². The van der Waals surface area contributed by atoms with Gasteiger partial charge in [-0.15, -0.1) is 0 Å². The zero-order valence-electron chi connectivity index (χ0n) is 10.6. The van der Waals surface area contributed by atoms with Crippen LogP contribution in [0.2, 0.25) is 0 Å². The number of hydrogen-bond acceptors (Lipinski definition) is 2. The van der Waals surface area contributed by atoms with Gasteiger partial charge in [0.05, 0.1) is 6.20 Å². The molecule has 0 bridgehead atoms. The first-order valence-electron chi connectivity index (χ1n) is 5.89. The second-order valence-electron chi connectivity index (χ2n) is 4.52. The molecule has 1 heterocycles. The molecular weight excluding hydrogens is 316 g/mol. The third-order valence-electron chi connectivity index (χ3n) is 2.66. The summed E-state index contributed by atoms with van der Waals surface area (Å²) in [6, 6.07) is 2.71. The van der Waals surface area contributed by atoms with Crippen LogP contribution < -0.4 is 5.32 Å². The minimum absolute atomic E-state index is 0.125. The molecule has 0 saturated heterocycles. The number of anilines is 1. The molecule has 2 aromatic rings. The lowest BCUT2D eigenvalue weighted by atomic mass is 10.2. The molecule has 0 aliphatic carbocycles. The molecule has 1 aromatic carbocycles. The Morgan fingerprint density at radius 1 is 1.32 bits per heavy atom. The summed E-state index contributed by atoms with van der Waals surface area (Å²) in [5, 5.41) is 6.92. The summed E-state index contributed by atoms with van der Waals surface area (Å²) in [6.45, 7) is 4.35. The largest absolute Gasteiger partial charge is 0.376 e. The van der Waals surface area contributed by atoms with Crippen molar-refractivity contribution < 1.29 is 8.78 Å². The van der Waals surface area contributed by atoms with Crippen molar-refractivity contribution in [2.45, 2.75) is 26.4 Å². The predicted molar refractivity (Wildman–Crippen MR) is 74.0 cm³/mol. The van der Waals surface area contributed by atoms with Gasteiger partial charge in [-0.1, -0.05) is 15.9 Å². The molecule has 0 atom stereocenters. The van der Waals surface area contributed by atoms with Crippen LogP contribution in [0.3, 0.4) is 0 Å². The lowest BCUT2D eigenvalue weighted by molar-refractivity contribution is 0.532. The van der Waals surface area contributed by atoms with Crippen LogP contribution in [0.1, 0.15) is 25.5 Å². The first-order chi connectivity index (χ1) is 8.97. The minimum Gasteiger partial charge on any atom is -0.376 e. The summed E-state index contributed by atoms with van der Waals surface area (Å²) < 4.78 is 29.4. The Kier molecular flexibility index (Phi) is 4.19. The summed E-state index contributed by atoms with van der Waals surface area (Å²) in [5.74, 6) is -1.24. The van der Waals surface area contributed by atoms with Gasteiger partial charge >= 0.3 is 0 Å². The van der Waals surface area contributed by atoms with E-state index in [1.165, 1.54) is 12.1 Å². The molecule has 0 radical (unpaired) electrons. The number of nitrogens with one attached hydrogen (secondary N) is 1.